The molecule has 2 aliphatic rings. The van der Waals surface area contributed by atoms with Gasteiger partial charge in [-0.25, -0.2) is 0 Å². The first-order valence-electron chi connectivity index (χ1n) is 5.26. The van der Waals surface area contributed by atoms with Gasteiger partial charge in [0.05, 0.1) is 7.11 Å². The van der Waals surface area contributed by atoms with Gasteiger partial charge in [-0.05, 0) is 42.5 Å². The number of methoxy groups -OCH3 is 1. The molecule has 2 nitrogen and oxygen atoms in total. The molecule has 0 aromatic heterocycles. The Labute approximate surface area is 84.5 Å². The van der Waals surface area contributed by atoms with Gasteiger partial charge >= 0.3 is 0 Å². The van der Waals surface area contributed by atoms with E-state index in [1.165, 1.54) is 25.2 Å². The molecule has 2 atom stereocenters. The highest BCUT2D eigenvalue weighted by atomic mass is 16.5. The van der Waals surface area contributed by atoms with Crippen LogP contribution in [0.1, 0.15) is 6.42 Å². The predicted molar refractivity (Wildman–Crippen MR) is 56.8 cm³/mol. The number of nitrogens with zero attached hydrogens (tertiary/aromatic N) is 1. The van der Waals surface area contributed by atoms with Gasteiger partial charge in [0, 0.05) is 18.8 Å². The zero-order chi connectivity index (χ0) is 9.54. The molecule has 2 heteroatoms. The summed E-state index contributed by atoms with van der Waals surface area (Å²) in [6, 6.07) is 8.39. The van der Waals surface area contributed by atoms with Crippen molar-refractivity contribution < 1.29 is 4.74 Å². The van der Waals surface area contributed by atoms with Crippen LogP contribution in [0.15, 0.2) is 24.3 Å². The van der Waals surface area contributed by atoms with Crippen LogP contribution < -0.4 is 9.64 Å². The molecule has 0 N–H and O–H groups in total. The second-order valence-corrected chi connectivity index (χ2v) is 4.36. The highest BCUT2D eigenvalue weighted by Crippen LogP contribution is 2.46. The average Bonchev–Trinajstić information content (AvgIpc) is 2.86. The molecule has 1 aliphatic heterocycles. The summed E-state index contributed by atoms with van der Waals surface area (Å²) in [6.07, 6.45) is 1.46. The Kier molecular flexibility index (Phi) is 1.69. The van der Waals surface area contributed by atoms with Crippen molar-refractivity contribution in [2.75, 3.05) is 25.1 Å². The third kappa shape index (κ3) is 1.26. The molecule has 0 radical (unpaired) electrons. The molecule has 1 aliphatic carbocycles. The van der Waals surface area contributed by atoms with Crippen LogP contribution in [0.2, 0.25) is 0 Å². The first-order valence-corrected chi connectivity index (χ1v) is 5.26. The van der Waals surface area contributed by atoms with E-state index in [0.29, 0.717) is 0 Å². The lowest BCUT2D eigenvalue weighted by Crippen LogP contribution is -2.21. The maximum absolute atomic E-state index is 5.14. The van der Waals surface area contributed by atoms with Crippen molar-refractivity contribution in [1.29, 1.82) is 0 Å². The van der Waals surface area contributed by atoms with Crippen molar-refractivity contribution in [1.82, 2.24) is 0 Å². The molecule has 0 bridgehead atoms. The third-order valence-corrected chi connectivity index (χ3v) is 3.42. The van der Waals surface area contributed by atoms with Gasteiger partial charge in [-0.1, -0.05) is 0 Å². The van der Waals surface area contributed by atoms with Crippen LogP contribution in [0.5, 0.6) is 5.75 Å². The molecule has 1 aromatic rings. The van der Waals surface area contributed by atoms with Crippen molar-refractivity contribution in [3.05, 3.63) is 24.3 Å². The molecule has 0 spiro atoms. The summed E-state index contributed by atoms with van der Waals surface area (Å²) in [4.78, 5) is 2.48. The minimum Gasteiger partial charge on any atom is -0.497 e. The van der Waals surface area contributed by atoms with E-state index in [1.54, 1.807) is 7.11 Å². The lowest BCUT2D eigenvalue weighted by Gasteiger charge is -2.20. The summed E-state index contributed by atoms with van der Waals surface area (Å²) in [6.45, 7) is 2.52. The smallest absolute Gasteiger partial charge is 0.119 e. The number of piperidine rings is 1. The number of ether oxygens (including phenoxy) is 1. The van der Waals surface area contributed by atoms with Gasteiger partial charge < -0.3 is 9.64 Å². The Balaban J connectivity index is 1.76. The van der Waals surface area contributed by atoms with Crippen LogP contribution in [0.25, 0.3) is 0 Å². The zero-order valence-corrected chi connectivity index (χ0v) is 8.44. The minimum atomic E-state index is 0.943. The fourth-order valence-electron chi connectivity index (χ4n) is 2.40. The van der Waals surface area contributed by atoms with Crippen LogP contribution in [0.4, 0.5) is 5.69 Å². The van der Waals surface area contributed by atoms with E-state index in [4.69, 9.17) is 4.74 Å². The zero-order valence-electron chi connectivity index (χ0n) is 8.44. The normalized spacial score (nSPS) is 28.8. The van der Waals surface area contributed by atoms with E-state index in [9.17, 15) is 0 Å². The number of fused-ring (bicyclic) bond motifs is 1. The summed E-state index contributed by atoms with van der Waals surface area (Å²) in [5.41, 5.74) is 1.35. The molecular formula is C12H15NO. The molecule has 2 unspecified atom stereocenters. The van der Waals surface area contributed by atoms with E-state index in [0.717, 1.165) is 17.6 Å². The van der Waals surface area contributed by atoms with E-state index in [2.05, 4.69) is 17.0 Å². The van der Waals surface area contributed by atoms with E-state index in [1.807, 2.05) is 12.1 Å². The monoisotopic (exact) mass is 189 g/mol. The Morgan fingerprint density at radius 3 is 2.36 bits per heavy atom. The van der Waals surface area contributed by atoms with Crippen molar-refractivity contribution >= 4 is 5.69 Å². The average molecular weight is 189 g/mol. The van der Waals surface area contributed by atoms with Crippen LogP contribution in [0, 0.1) is 11.8 Å². The van der Waals surface area contributed by atoms with Crippen molar-refractivity contribution in [2.24, 2.45) is 11.8 Å². The number of rotatable bonds is 2. The molecule has 1 aromatic carbocycles. The predicted octanol–water partition coefficient (Wildman–Crippen LogP) is 2.15. The van der Waals surface area contributed by atoms with E-state index >= 15 is 0 Å². The molecule has 1 heterocycles. The first kappa shape index (κ1) is 8.16. The summed E-state index contributed by atoms with van der Waals surface area (Å²) < 4.78 is 5.14. The van der Waals surface area contributed by atoms with Crippen molar-refractivity contribution in [3.8, 4) is 5.75 Å². The molecule has 1 saturated heterocycles. The summed E-state index contributed by atoms with van der Waals surface area (Å²) in [7, 11) is 1.71. The Hall–Kier alpha value is -1.18. The standard InChI is InChI=1S/C12H15NO/c1-14-12-4-2-11(3-5-12)13-7-9-6-10(9)8-13/h2-5,9-10H,6-8H2,1H3. The van der Waals surface area contributed by atoms with Crippen molar-refractivity contribution in [3.63, 3.8) is 0 Å². The summed E-state index contributed by atoms with van der Waals surface area (Å²) >= 11 is 0. The number of benzene rings is 1. The van der Waals surface area contributed by atoms with Gasteiger partial charge in [0.25, 0.3) is 0 Å². The second kappa shape index (κ2) is 2.91. The van der Waals surface area contributed by atoms with Gasteiger partial charge in [-0.3, -0.25) is 0 Å². The largest absolute Gasteiger partial charge is 0.497 e. The molecule has 0 amide bonds. The molecule has 3 rings (SSSR count). The maximum atomic E-state index is 5.14. The van der Waals surface area contributed by atoms with Crippen LogP contribution >= 0.6 is 0 Å². The first-order chi connectivity index (χ1) is 6.86. The molecule has 2 fully saturated rings. The van der Waals surface area contributed by atoms with Crippen molar-refractivity contribution in [2.45, 2.75) is 6.42 Å². The molecule has 1 saturated carbocycles. The number of anilines is 1. The fourth-order valence-corrected chi connectivity index (χ4v) is 2.40. The Morgan fingerprint density at radius 2 is 1.79 bits per heavy atom. The van der Waals surface area contributed by atoms with Crippen LogP contribution in [0.3, 0.4) is 0 Å². The minimum absolute atomic E-state index is 0.943. The highest BCUT2D eigenvalue weighted by molar-refractivity contribution is 5.50. The SMILES string of the molecule is COc1ccc(N2CC3CC3C2)cc1. The Morgan fingerprint density at radius 1 is 1.14 bits per heavy atom. The van der Waals surface area contributed by atoms with E-state index in [-0.39, 0.29) is 0 Å². The maximum Gasteiger partial charge on any atom is 0.119 e. The molecular weight excluding hydrogens is 174 g/mol. The van der Waals surface area contributed by atoms with Gasteiger partial charge in [0.2, 0.25) is 0 Å². The summed E-state index contributed by atoms with van der Waals surface area (Å²) in [5, 5.41) is 0. The van der Waals surface area contributed by atoms with Gasteiger partial charge in [0.15, 0.2) is 0 Å². The lowest BCUT2D eigenvalue weighted by atomic mass is 10.2. The topological polar surface area (TPSA) is 12.5 Å². The summed E-state index contributed by atoms with van der Waals surface area (Å²) in [5.74, 6) is 2.94. The van der Waals surface area contributed by atoms with Crippen LogP contribution in [-0.2, 0) is 0 Å². The lowest BCUT2D eigenvalue weighted by molar-refractivity contribution is 0.415. The van der Waals surface area contributed by atoms with Gasteiger partial charge in [-0.15, -0.1) is 0 Å². The highest BCUT2D eigenvalue weighted by Gasteiger charge is 2.44. The molecule has 14 heavy (non-hydrogen) atoms. The third-order valence-electron chi connectivity index (χ3n) is 3.42. The second-order valence-electron chi connectivity index (χ2n) is 4.36. The van der Waals surface area contributed by atoms with Crippen LogP contribution in [-0.4, -0.2) is 20.2 Å². The number of hydrogen-bond acceptors (Lipinski definition) is 2. The van der Waals surface area contributed by atoms with Gasteiger partial charge in [0.1, 0.15) is 5.75 Å². The Bertz CT molecular complexity index is 323. The number of hydrogen-bond donors (Lipinski definition) is 0. The quantitative estimate of drug-likeness (QED) is 0.706. The van der Waals surface area contributed by atoms with Gasteiger partial charge in [-0.2, -0.15) is 0 Å². The van der Waals surface area contributed by atoms with E-state index < -0.39 is 0 Å². The molecule has 74 valence electrons. The fraction of sp³-hybridized carbons (Fsp3) is 0.500.